The molecule has 27 heavy (non-hydrogen) atoms. The van der Waals surface area contributed by atoms with Gasteiger partial charge >= 0.3 is 0 Å². The molecule has 0 aliphatic carbocycles. The average Bonchev–Trinajstić information content (AvgIpc) is 3.18. The van der Waals surface area contributed by atoms with Gasteiger partial charge in [0.25, 0.3) is 5.91 Å². The fourth-order valence-electron chi connectivity index (χ4n) is 3.13. The lowest BCUT2D eigenvalue weighted by molar-refractivity contribution is 0.102. The summed E-state index contributed by atoms with van der Waals surface area (Å²) in [6, 6.07) is 21.6. The lowest BCUT2D eigenvalue weighted by Crippen LogP contribution is -2.13. The molecule has 0 atom stereocenters. The van der Waals surface area contributed by atoms with Gasteiger partial charge in [0.05, 0.1) is 18.5 Å². The Labute approximate surface area is 157 Å². The molecule has 0 saturated carbocycles. The number of hydrogen-bond acceptors (Lipinski definition) is 3. The van der Waals surface area contributed by atoms with Crippen molar-refractivity contribution in [3.63, 3.8) is 0 Å². The SMILES string of the molecule is COc1ccc(C)cc1NC(=O)c1cc(-c2cccc3ccccc23)n[nH]1. The summed E-state index contributed by atoms with van der Waals surface area (Å²) in [4.78, 5) is 12.7. The minimum atomic E-state index is -0.266. The highest BCUT2D eigenvalue weighted by molar-refractivity contribution is 6.05. The van der Waals surface area contributed by atoms with Gasteiger partial charge in [-0.25, -0.2) is 0 Å². The number of nitrogens with one attached hydrogen (secondary N) is 2. The van der Waals surface area contributed by atoms with Gasteiger partial charge in [0.15, 0.2) is 0 Å². The summed E-state index contributed by atoms with van der Waals surface area (Å²) in [6.45, 7) is 1.96. The van der Waals surface area contributed by atoms with E-state index in [-0.39, 0.29) is 5.91 Å². The van der Waals surface area contributed by atoms with Crippen molar-refractivity contribution in [3.05, 3.63) is 78.0 Å². The first kappa shape index (κ1) is 16.8. The number of H-pyrrole nitrogens is 1. The van der Waals surface area contributed by atoms with Crippen molar-refractivity contribution < 1.29 is 9.53 Å². The van der Waals surface area contributed by atoms with Crippen LogP contribution < -0.4 is 10.1 Å². The largest absolute Gasteiger partial charge is 0.495 e. The Balaban J connectivity index is 1.65. The van der Waals surface area contributed by atoms with Gasteiger partial charge in [-0.1, -0.05) is 48.5 Å². The summed E-state index contributed by atoms with van der Waals surface area (Å²) < 4.78 is 5.32. The molecule has 1 amide bonds. The molecule has 0 aliphatic heterocycles. The highest BCUT2D eigenvalue weighted by Crippen LogP contribution is 2.29. The number of aromatic amines is 1. The summed E-state index contributed by atoms with van der Waals surface area (Å²) in [5, 5.41) is 12.3. The number of methoxy groups -OCH3 is 1. The van der Waals surface area contributed by atoms with Gasteiger partial charge in [-0.2, -0.15) is 5.10 Å². The number of carbonyl (C=O) groups is 1. The molecule has 5 heteroatoms. The molecule has 4 aromatic rings. The van der Waals surface area contributed by atoms with E-state index in [0.717, 1.165) is 27.6 Å². The van der Waals surface area contributed by atoms with E-state index < -0.39 is 0 Å². The molecule has 0 bridgehead atoms. The highest BCUT2D eigenvalue weighted by Gasteiger charge is 2.14. The van der Waals surface area contributed by atoms with E-state index in [1.54, 1.807) is 13.2 Å². The second kappa shape index (κ2) is 6.96. The van der Waals surface area contributed by atoms with Gasteiger partial charge in [0.2, 0.25) is 0 Å². The molecule has 1 heterocycles. The van der Waals surface area contributed by atoms with Crippen LogP contribution in [0.5, 0.6) is 5.75 Å². The van der Waals surface area contributed by atoms with Gasteiger partial charge in [-0.3, -0.25) is 9.89 Å². The lowest BCUT2D eigenvalue weighted by atomic mass is 10.0. The highest BCUT2D eigenvalue weighted by atomic mass is 16.5. The maximum atomic E-state index is 12.7. The third-order valence-electron chi connectivity index (χ3n) is 4.49. The zero-order valence-corrected chi connectivity index (χ0v) is 15.1. The number of amides is 1. The van der Waals surface area contributed by atoms with Crippen LogP contribution in [0.3, 0.4) is 0 Å². The Hall–Kier alpha value is -3.60. The van der Waals surface area contributed by atoms with Crippen molar-refractivity contribution in [3.8, 4) is 17.0 Å². The molecule has 0 spiro atoms. The van der Waals surface area contributed by atoms with E-state index in [0.29, 0.717) is 17.1 Å². The van der Waals surface area contributed by atoms with Crippen LogP contribution in [0.4, 0.5) is 5.69 Å². The van der Waals surface area contributed by atoms with Crippen LogP contribution in [0.15, 0.2) is 66.7 Å². The quantitative estimate of drug-likeness (QED) is 0.551. The van der Waals surface area contributed by atoms with Crippen molar-refractivity contribution >= 4 is 22.4 Å². The van der Waals surface area contributed by atoms with Crippen molar-refractivity contribution in [2.45, 2.75) is 6.92 Å². The first-order valence-corrected chi connectivity index (χ1v) is 8.65. The Morgan fingerprint density at radius 1 is 1.04 bits per heavy atom. The van der Waals surface area contributed by atoms with E-state index in [9.17, 15) is 4.79 Å². The van der Waals surface area contributed by atoms with Gasteiger partial charge in [0, 0.05) is 5.56 Å². The molecule has 1 aromatic heterocycles. The van der Waals surface area contributed by atoms with Crippen LogP contribution in [0.25, 0.3) is 22.0 Å². The number of ether oxygens (including phenoxy) is 1. The Morgan fingerprint density at radius 2 is 1.85 bits per heavy atom. The maximum Gasteiger partial charge on any atom is 0.273 e. The van der Waals surface area contributed by atoms with E-state index in [2.05, 4.69) is 33.7 Å². The molecule has 0 unspecified atom stereocenters. The Kier molecular flexibility index (Phi) is 4.34. The van der Waals surface area contributed by atoms with Crippen LogP contribution >= 0.6 is 0 Å². The maximum absolute atomic E-state index is 12.7. The standard InChI is InChI=1S/C22H19N3O2/c1-14-10-11-21(27-2)19(12-14)23-22(26)20-13-18(24-25-20)17-9-5-7-15-6-3-4-8-16(15)17/h3-13H,1-2H3,(H,23,26)(H,24,25). The van der Waals surface area contributed by atoms with Gasteiger partial charge in [0.1, 0.15) is 11.4 Å². The second-order valence-electron chi connectivity index (χ2n) is 6.35. The summed E-state index contributed by atoms with van der Waals surface area (Å²) >= 11 is 0. The fraction of sp³-hybridized carbons (Fsp3) is 0.0909. The number of rotatable bonds is 4. The summed E-state index contributed by atoms with van der Waals surface area (Å²) in [5.74, 6) is 0.348. The number of aromatic nitrogens is 2. The van der Waals surface area contributed by atoms with Crippen LogP contribution in [0, 0.1) is 6.92 Å². The first-order valence-electron chi connectivity index (χ1n) is 8.65. The topological polar surface area (TPSA) is 67.0 Å². The molecule has 4 rings (SSSR count). The number of nitrogens with zero attached hydrogens (tertiary/aromatic N) is 1. The molecule has 3 aromatic carbocycles. The van der Waals surface area contributed by atoms with Crippen molar-refractivity contribution in [1.29, 1.82) is 0 Å². The van der Waals surface area contributed by atoms with Crippen LogP contribution in [-0.2, 0) is 0 Å². The fourth-order valence-corrected chi connectivity index (χ4v) is 3.13. The van der Waals surface area contributed by atoms with Gasteiger partial charge < -0.3 is 10.1 Å². The van der Waals surface area contributed by atoms with E-state index in [1.807, 2.05) is 49.4 Å². The molecule has 5 nitrogen and oxygen atoms in total. The number of benzene rings is 3. The first-order chi connectivity index (χ1) is 13.2. The number of carbonyl (C=O) groups excluding carboxylic acids is 1. The molecule has 2 N–H and O–H groups in total. The summed E-state index contributed by atoms with van der Waals surface area (Å²) in [5.41, 5.74) is 3.77. The van der Waals surface area contributed by atoms with Crippen molar-refractivity contribution in [1.82, 2.24) is 10.2 Å². The Morgan fingerprint density at radius 3 is 2.70 bits per heavy atom. The average molecular weight is 357 g/mol. The minimum absolute atomic E-state index is 0.266. The molecule has 0 saturated heterocycles. The summed E-state index contributed by atoms with van der Waals surface area (Å²) in [7, 11) is 1.58. The smallest absolute Gasteiger partial charge is 0.273 e. The van der Waals surface area contributed by atoms with Crippen molar-refractivity contribution in [2.75, 3.05) is 12.4 Å². The molecule has 0 radical (unpaired) electrons. The predicted octanol–water partition coefficient (Wildman–Crippen LogP) is 4.80. The molecular weight excluding hydrogens is 338 g/mol. The third-order valence-corrected chi connectivity index (χ3v) is 4.49. The lowest BCUT2D eigenvalue weighted by Gasteiger charge is -2.10. The van der Waals surface area contributed by atoms with Crippen LogP contribution in [0.2, 0.25) is 0 Å². The molecule has 0 aliphatic rings. The number of anilines is 1. The van der Waals surface area contributed by atoms with Gasteiger partial charge in [-0.05, 0) is 41.5 Å². The van der Waals surface area contributed by atoms with Crippen LogP contribution in [0.1, 0.15) is 16.1 Å². The minimum Gasteiger partial charge on any atom is -0.495 e. The molecule has 0 fully saturated rings. The van der Waals surface area contributed by atoms with Crippen LogP contribution in [-0.4, -0.2) is 23.2 Å². The monoisotopic (exact) mass is 357 g/mol. The molecular formula is C22H19N3O2. The second-order valence-corrected chi connectivity index (χ2v) is 6.35. The molecule has 134 valence electrons. The zero-order chi connectivity index (χ0) is 18.8. The van der Waals surface area contributed by atoms with Crippen molar-refractivity contribution in [2.24, 2.45) is 0 Å². The van der Waals surface area contributed by atoms with E-state index in [1.165, 1.54) is 0 Å². The number of hydrogen-bond donors (Lipinski definition) is 2. The van der Waals surface area contributed by atoms with Gasteiger partial charge in [-0.15, -0.1) is 0 Å². The predicted molar refractivity (Wildman–Crippen MR) is 107 cm³/mol. The van der Waals surface area contributed by atoms with E-state index >= 15 is 0 Å². The van der Waals surface area contributed by atoms with E-state index in [4.69, 9.17) is 4.74 Å². The Bertz CT molecular complexity index is 1130. The normalized spacial score (nSPS) is 10.7. The summed E-state index contributed by atoms with van der Waals surface area (Å²) in [6.07, 6.45) is 0. The number of aryl methyl sites for hydroxylation is 1. The zero-order valence-electron chi connectivity index (χ0n) is 15.1. The number of fused-ring (bicyclic) bond motifs is 1. The third kappa shape index (κ3) is 3.27.